The van der Waals surface area contributed by atoms with Gasteiger partial charge >= 0.3 is 6.18 Å². The van der Waals surface area contributed by atoms with Crippen LogP contribution in [0.5, 0.6) is 23.0 Å². The van der Waals surface area contributed by atoms with Crippen LogP contribution in [0, 0.1) is 6.92 Å². The molecule has 188 valence electrons. The SMILES string of the molecule is C=C(c1cc(OC)c(OC)c(OC)c1)c1oc2cc(OC)c(-c3ccc(C(F)(F)F)cc3)cc2c1C. The summed E-state index contributed by atoms with van der Waals surface area (Å²) in [6.07, 6.45) is -4.41. The molecule has 0 N–H and O–H groups in total. The molecule has 0 atom stereocenters. The first kappa shape index (κ1) is 25.0. The second-order valence-corrected chi connectivity index (χ2v) is 8.07. The number of benzene rings is 3. The highest BCUT2D eigenvalue weighted by molar-refractivity contribution is 5.94. The Hall–Kier alpha value is -4.07. The summed E-state index contributed by atoms with van der Waals surface area (Å²) >= 11 is 0. The lowest BCUT2D eigenvalue weighted by Gasteiger charge is -2.14. The fourth-order valence-electron chi connectivity index (χ4n) is 4.16. The van der Waals surface area contributed by atoms with Crippen molar-refractivity contribution in [2.75, 3.05) is 28.4 Å². The molecule has 3 aromatic carbocycles. The standard InChI is InChI=1S/C28H25F3O5/c1-15(18-11-24(33-4)27(35-6)25(12-18)34-5)26-16(2)20-13-21(22(32-3)14-23(20)36-26)17-7-9-19(10-8-17)28(29,30)31/h7-14H,1H2,2-6H3. The van der Waals surface area contributed by atoms with Crippen molar-refractivity contribution in [3.05, 3.63) is 77.6 Å². The smallest absolute Gasteiger partial charge is 0.416 e. The van der Waals surface area contributed by atoms with Gasteiger partial charge in [0.1, 0.15) is 17.1 Å². The predicted octanol–water partition coefficient (Wildman–Crippen LogP) is 7.52. The number of hydrogen-bond donors (Lipinski definition) is 0. The van der Waals surface area contributed by atoms with E-state index in [1.54, 1.807) is 18.2 Å². The molecule has 0 aliphatic rings. The Labute approximate surface area is 206 Å². The van der Waals surface area contributed by atoms with Gasteiger partial charge in [-0.05, 0) is 48.4 Å². The largest absolute Gasteiger partial charge is 0.496 e. The highest BCUT2D eigenvalue weighted by Gasteiger charge is 2.30. The second kappa shape index (κ2) is 9.53. The molecule has 0 aliphatic carbocycles. The van der Waals surface area contributed by atoms with Crippen molar-refractivity contribution < 1.29 is 36.5 Å². The van der Waals surface area contributed by atoms with Gasteiger partial charge in [-0.15, -0.1) is 0 Å². The Balaban J connectivity index is 1.82. The molecule has 0 aliphatic heterocycles. The molecule has 0 spiro atoms. The van der Waals surface area contributed by atoms with Gasteiger partial charge in [0.25, 0.3) is 0 Å². The Bertz CT molecular complexity index is 1410. The van der Waals surface area contributed by atoms with Crippen LogP contribution in [0.25, 0.3) is 27.7 Å². The summed E-state index contributed by atoms with van der Waals surface area (Å²) in [5, 5.41) is 0.786. The van der Waals surface area contributed by atoms with Gasteiger partial charge in [-0.1, -0.05) is 18.7 Å². The zero-order valence-electron chi connectivity index (χ0n) is 20.5. The number of alkyl halides is 3. The summed E-state index contributed by atoms with van der Waals surface area (Å²) in [4.78, 5) is 0. The summed E-state index contributed by atoms with van der Waals surface area (Å²) in [6, 6.07) is 12.1. The van der Waals surface area contributed by atoms with Crippen LogP contribution in [0.15, 0.2) is 59.5 Å². The van der Waals surface area contributed by atoms with E-state index in [4.69, 9.17) is 23.4 Å². The van der Waals surface area contributed by atoms with Gasteiger partial charge in [0.05, 0.1) is 34.0 Å². The maximum absolute atomic E-state index is 13.0. The van der Waals surface area contributed by atoms with Crippen molar-refractivity contribution in [3.8, 4) is 34.1 Å². The fourth-order valence-corrected chi connectivity index (χ4v) is 4.16. The average Bonchev–Trinajstić information content (AvgIpc) is 3.21. The number of methoxy groups -OCH3 is 4. The topological polar surface area (TPSA) is 50.1 Å². The Kier molecular flexibility index (Phi) is 6.63. The van der Waals surface area contributed by atoms with Gasteiger partial charge in [0.2, 0.25) is 5.75 Å². The third-order valence-electron chi connectivity index (χ3n) is 6.07. The lowest BCUT2D eigenvalue weighted by molar-refractivity contribution is -0.137. The molecule has 0 bridgehead atoms. The van der Waals surface area contributed by atoms with E-state index >= 15 is 0 Å². The number of furan rings is 1. The van der Waals surface area contributed by atoms with Crippen LogP contribution in [0.3, 0.4) is 0 Å². The van der Waals surface area contributed by atoms with Crippen molar-refractivity contribution >= 4 is 16.5 Å². The summed E-state index contributed by atoms with van der Waals surface area (Å²) < 4.78 is 67.1. The molecule has 4 aromatic rings. The van der Waals surface area contributed by atoms with Gasteiger partial charge in [-0.3, -0.25) is 0 Å². The van der Waals surface area contributed by atoms with Crippen molar-refractivity contribution in [2.24, 2.45) is 0 Å². The first-order valence-corrected chi connectivity index (χ1v) is 10.9. The van der Waals surface area contributed by atoms with E-state index in [0.717, 1.165) is 23.1 Å². The molecule has 0 radical (unpaired) electrons. The molecule has 0 fully saturated rings. The number of ether oxygens (including phenoxy) is 4. The number of hydrogen-bond acceptors (Lipinski definition) is 5. The van der Waals surface area contributed by atoms with E-state index in [1.807, 2.05) is 13.0 Å². The molecular formula is C28H25F3O5. The summed E-state index contributed by atoms with van der Waals surface area (Å²) in [7, 11) is 6.09. The first-order valence-electron chi connectivity index (χ1n) is 10.9. The quantitative estimate of drug-likeness (QED) is 0.264. The van der Waals surface area contributed by atoms with Crippen molar-refractivity contribution in [2.45, 2.75) is 13.1 Å². The minimum Gasteiger partial charge on any atom is -0.496 e. The van der Waals surface area contributed by atoms with Crippen molar-refractivity contribution in [3.63, 3.8) is 0 Å². The summed E-state index contributed by atoms with van der Waals surface area (Å²) in [5.41, 5.74) is 3.21. The van der Waals surface area contributed by atoms with Crippen LogP contribution < -0.4 is 18.9 Å². The Morgan fingerprint density at radius 1 is 0.806 bits per heavy atom. The zero-order valence-corrected chi connectivity index (χ0v) is 20.5. The van der Waals surface area contributed by atoms with E-state index < -0.39 is 11.7 Å². The molecular weight excluding hydrogens is 473 g/mol. The average molecular weight is 498 g/mol. The monoisotopic (exact) mass is 498 g/mol. The van der Waals surface area contributed by atoms with E-state index in [-0.39, 0.29) is 0 Å². The normalized spacial score (nSPS) is 11.4. The van der Waals surface area contributed by atoms with Gasteiger partial charge in [0.15, 0.2) is 11.5 Å². The molecule has 1 aromatic heterocycles. The highest BCUT2D eigenvalue weighted by Crippen LogP contribution is 2.44. The third-order valence-corrected chi connectivity index (χ3v) is 6.07. The molecule has 1 heterocycles. The maximum Gasteiger partial charge on any atom is 0.416 e. The molecule has 36 heavy (non-hydrogen) atoms. The third kappa shape index (κ3) is 4.34. The van der Waals surface area contributed by atoms with E-state index in [2.05, 4.69) is 6.58 Å². The van der Waals surface area contributed by atoms with Gasteiger partial charge in [-0.25, -0.2) is 0 Å². The zero-order chi connectivity index (χ0) is 26.2. The van der Waals surface area contributed by atoms with Gasteiger partial charge in [0, 0.05) is 28.2 Å². The van der Waals surface area contributed by atoms with Crippen molar-refractivity contribution in [1.82, 2.24) is 0 Å². The van der Waals surface area contributed by atoms with Crippen LogP contribution in [-0.2, 0) is 6.18 Å². The van der Waals surface area contributed by atoms with Gasteiger partial charge in [-0.2, -0.15) is 13.2 Å². The van der Waals surface area contributed by atoms with Crippen LogP contribution in [-0.4, -0.2) is 28.4 Å². The van der Waals surface area contributed by atoms with Crippen LogP contribution in [0.2, 0.25) is 0 Å². The Morgan fingerprint density at radius 3 is 1.89 bits per heavy atom. The minimum absolute atomic E-state index is 0.462. The van der Waals surface area contributed by atoms with Gasteiger partial charge < -0.3 is 23.4 Å². The first-order chi connectivity index (χ1) is 17.1. The number of fused-ring (bicyclic) bond motifs is 1. The van der Waals surface area contributed by atoms with Crippen LogP contribution >= 0.6 is 0 Å². The predicted molar refractivity (Wildman–Crippen MR) is 132 cm³/mol. The molecule has 0 saturated carbocycles. The summed E-state index contributed by atoms with van der Waals surface area (Å²) in [5.74, 6) is 2.44. The molecule has 0 amide bonds. The van der Waals surface area contributed by atoms with Crippen molar-refractivity contribution in [1.29, 1.82) is 0 Å². The van der Waals surface area contributed by atoms with E-state index in [9.17, 15) is 13.2 Å². The van der Waals surface area contributed by atoms with E-state index in [1.165, 1.54) is 40.6 Å². The molecule has 0 unspecified atom stereocenters. The molecule has 0 saturated heterocycles. The summed E-state index contributed by atoms with van der Waals surface area (Å²) in [6.45, 7) is 6.13. The number of halogens is 3. The minimum atomic E-state index is -4.41. The highest BCUT2D eigenvalue weighted by atomic mass is 19.4. The van der Waals surface area contributed by atoms with Crippen LogP contribution in [0.1, 0.15) is 22.5 Å². The fraction of sp³-hybridized carbons (Fsp3) is 0.214. The molecule has 8 heteroatoms. The maximum atomic E-state index is 13.0. The van der Waals surface area contributed by atoms with E-state index in [0.29, 0.717) is 56.6 Å². The lowest BCUT2D eigenvalue weighted by Crippen LogP contribution is -2.04. The Morgan fingerprint density at radius 2 is 1.39 bits per heavy atom. The lowest BCUT2D eigenvalue weighted by atomic mass is 9.98. The second-order valence-electron chi connectivity index (χ2n) is 8.07. The number of rotatable bonds is 7. The molecule has 4 rings (SSSR count). The number of aryl methyl sites for hydroxylation is 1. The molecule has 5 nitrogen and oxygen atoms in total. The van der Waals surface area contributed by atoms with Crippen LogP contribution in [0.4, 0.5) is 13.2 Å².